The van der Waals surface area contributed by atoms with E-state index in [9.17, 15) is 24.0 Å². The number of benzene rings is 1. The molecule has 1 aromatic heterocycles. The topological polar surface area (TPSA) is 88.3 Å². The number of nitrogens with zero attached hydrogens (tertiary/aromatic N) is 2. The highest BCUT2D eigenvalue weighted by Gasteiger charge is 2.20. The summed E-state index contributed by atoms with van der Waals surface area (Å²) in [6, 6.07) is 4.16. The van der Waals surface area contributed by atoms with Crippen LogP contribution in [0.4, 0.5) is 20.2 Å². The zero-order chi connectivity index (χ0) is 15.6. The minimum absolute atomic E-state index is 0.127. The Kier molecular flexibility index (Phi) is 3.97. The number of nitrogens with one attached hydrogen (secondary N) is 1. The van der Waals surface area contributed by atoms with E-state index in [4.69, 9.17) is 0 Å². The van der Waals surface area contributed by atoms with Crippen LogP contribution in [0.1, 0.15) is 11.4 Å². The van der Waals surface area contributed by atoms with Crippen LogP contribution in [-0.4, -0.2) is 15.0 Å². The van der Waals surface area contributed by atoms with Gasteiger partial charge in [-0.05, 0) is 19.1 Å². The Balaban J connectivity index is 2.32. The van der Waals surface area contributed by atoms with Gasteiger partial charge < -0.3 is 10.4 Å². The summed E-state index contributed by atoms with van der Waals surface area (Å²) in [5.41, 5.74) is -0.351. The first-order chi connectivity index (χ1) is 9.88. The Morgan fingerprint density at radius 2 is 2.10 bits per heavy atom. The summed E-state index contributed by atoms with van der Waals surface area (Å²) in [5.74, 6) is -2.26. The molecule has 0 aliphatic heterocycles. The fraction of sp³-hybridized carbons (Fsp3) is 0.154. The van der Waals surface area contributed by atoms with Crippen LogP contribution in [-0.2, 0) is 6.54 Å². The summed E-state index contributed by atoms with van der Waals surface area (Å²) in [4.78, 5) is 14.0. The summed E-state index contributed by atoms with van der Waals surface area (Å²) in [6.45, 7) is 1.56. The Labute approximate surface area is 118 Å². The van der Waals surface area contributed by atoms with E-state index in [0.29, 0.717) is 17.8 Å². The van der Waals surface area contributed by atoms with Crippen LogP contribution in [0.3, 0.4) is 0 Å². The molecule has 0 saturated heterocycles. The van der Waals surface area contributed by atoms with Gasteiger partial charge in [-0.3, -0.25) is 15.1 Å². The molecule has 2 N–H and O–H groups in total. The molecule has 0 radical (unpaired) electrons. The smallest absolute Gasteiger partial charge is 0.298 e. The van der Waals surface area contributed by atoms with Gasteiger partial charge in [0.15, 0.2) is 5.82 Å². The van der Waals surface area contributed by atoms with Crippen LogP contribution in [0.2, 0.25) is 0 Å². The first-order valence-electron chi connectivity index (χ1n) is 5.91. The quantitative estimate of drug-likeness (QED) is 0.669. The van der Waals surface area contributed by atoms with Crippen molar-refractivity contribution in [3.63, 3.8) is 0 Å². The molecule has 8 heteroatoms. The molecule has 0 amide bonds. The third-order valence-electron chi connectivity index (χ3n) is 2.75. The van der Waals surface area contributed by atoms with Gasteiger partial charge in [-0.1, -0.05) is 0 Å². The van der Waals surface area contributed by atoms with Crippen LogP contribution in [0.5, 0.6) is 5.75 Å². The predicted octanol–water partition coefficient (Wildman–Crippen LogP) is 2.89. The van der Waals surface area contributed by atoms with Gasteiger partial charge in [-0.2, -0.15) is 0 Å². The maximum Gasteiger partial charge on any atom is 0.298 e. The SMILES string of the molecule is Cc1ccc(O)c(CNc2c(F)cc(F)cc2[N+](=O)[O-])n1. The molecule has 0 atom stereocenters. The maximum absolute atomic E-state index is 13.7. The molecule has 0 spiro atoms. The average molecular weight is 295 g/mol. The number of halogens is 2. The van der Waals surface area contributed by atoms with Crippen LogP contribution in [0.15, 0.2) is 24.3 Å². The lowest BCUT2D eigenvalue weighted by atomic mass is 10.2. The zero-order valence-electron chi connectivity index (χ0n) is 10.9. The summed E-state index contributed by atoms with van der Waals surface area (Å²) in [6.07, 6.45) is 0. The third-order valence-corrected chi connectivity index (χ3v) is 2.75. The van der Waals surface area contributed by atoms with E-state index in [2.05, 4.69) is 10.3 Å². The lowest BCUT2D eigenvalue weighted by Gasteiger charge is -2.09. The number of nitro benzene ring substituents is 1. The molecule has 6 nitrogen and oxygen atoms in total. The number of rotatable bonds is 4. The first-order valence-corrected chi connectivity index (χ1v) is 5.91. The molecule has 0 aliphatic rings. The lowest BCUT2D eigenvalue weighted by molar-refractivity contribution is -0.384. The van der Waals surface area contributed by atoms with Crippen LogP contribution >= 0.6 is 0 Å². The largest absolute Gasteiger partial charge is 0.506 e. The van der Waals surface area contributed by atoms with Gasteiger partial charge in [0.2, 0.25) is 0 Å². The van der Waals surface area contributed by atoms with Crippen molar-refractivity contribution in [1.29, 1.82) is 0 Å². The molecule has 21 heavy (non-hydrogen) atoms. The number of pyridine rings is 1. The van der Waals surface area contributed by atoms with Gasteiger partial charge in [-0.15, -0.1) is 0 Å². The number of aromatic nitrogens is 1. The van der Waals surface area contributed by atoms with Gasteiger partial charge in [-0.25, -0.2) is 8.78 Å². The van der Waals surface area contributed by atoms with Crippen molar-refractivity contribution >= 4 is 11.4 Å². The maximum atomic E-state index is 13.7. The molecule has 1 aromatic carbocycles. The van der Waals surface area contributed by atoms with Crippen LogP contribution in [0.25, 0.3) is 0 Å². The Morgan fingerprint density at radius 3 is 2.76 bits per heavy atom. The first kappa shape index (κ1) is 14.6. The van der Waals surface area contributed by atoms with Crippen molar-refractivity contribution in [2.45, 2.75) is 13.5 Å². The summed E-state index contributed by atoms with van der Waals surface area (Å²) >= 11 is 0. The number of hydrogen-bond acceptors (Lipinski definition) is 5. The number of aryl methyl sites for hydroxylation is 1. The Morgan fingerprint density at radius 1 is 1.38 bits per heavy atom. The van der Waals surface area contributed by atoms with Crippen LogP contribution < -0.4 is 5.32 Å². The van der Waals surface area contributed by atoms with Gasteiger partial charge in [0.1, 0.15) is 22.9 Å². The Hall–Kier alpha value is -2.77. The molecule has 2 aromatic rings. The second kappa shape index (κ2) is 5.70. The highest BCUT2D eigenvalue weighted by molar-refractivity contribution is 5.62. The van der Waals surface area contributed by atoms with E-state index >= 15 is 0 Å². The van der Waals surface area contributed by atoms with Gasteiger partial charge >= 0.3 is 0 Å². The van der Waals surface area contributed by atoms with Gasteiger partial charge in [0, 0.05) is 11.8 Å². The molecule has 0 aliphatic carbocycles. The van der Waals surface area contributed by atoms with Crippen LogP contribution in [0, 0.1) is 28.7 Å². The van der Waals surface area contributed by atoms with E-state index in [0.717, 1.165) is 0 Å². The fourth-order valence-electron chi connectivity index (χ4n) is 1.78. The van der Waals surface area contributed by atoms with Crippen molar-refractivity contribution in [3.8, 4) is 5.75 Å². The molecule has 2 rings (SSSR count). The summed E-state index contributed by atoms with van der Waals surface area (Å²) in [5, 5.41) is 22.9. The van der Waals surface area contributed by atoms with Crippen molar-refractivity contribution < 1.29 is 18.8 Å². The lowest BCUT2D eigenvalue weighted by Crippen LogP contribution is -2.07. The number of aromatic hydroxyl groups is 1. The van der Waals surface area contributed by atoms with Gasteiger partial charge in [0.05, 0.1) is 17.5 Å². The zero-order valence-corrected chi connectivity index (χ0v) is 10.9. The standard InChI is InChI=1S/C13H11F2N3O3/c1-7-2-3-12(19)10(17-7)6-16-13-9(15)4-8(14)5-11(13)18(20)21/h2-5,16,19H,6H2,1H3. The van der Waals surface area contributed by atoms with E-state index in [-0.39, 0.29) is 18.0 Å². The van der Waals surface area contributed by atoms with Crippen molar-refractivity contribution in [2.75, 3.05) is 5.32 Å². The molecule has 1 heterocycles. The molecular weight excluding hydrogens is 284 g/mol. The highest BCUT2D eigenvalue weighted by atomic mass is 19.1. The van der Waals surface area contributed by atoms with Crippen molar-refractivity contribution in [2.24, 2.45) is 0 Å². The van der Waals surface area contributed by atoms with E-state index in [1.54, 1.807) is 13.0 Å². The van der Waals surface area contributed by atoms with Gasteiger partial charge in [0.25, 0.3) is 5.69 Å². The fourth-order valence-corrected chi connectivity index (χ4v) is 1.78. The second-order valence-corrected chi connectivity index (χ2v) is 4.31. The number of anilines is 1. The second-order valence-electron chi connectivity index (χ2n) is 4.31. The molecule has 0 fully saturated rings. The number of hydrogen-bond donors (Lipinski definition) is 2. The normalized spacial score (nSPS) is 10.4. The molecule has 110 valence electrons. The predicted molar refractivity (Wildman–Crippen MR) is 71.0 cm³/mol. The molecule has 0 bridgehead atoms. The van der Waals surface area contributed by atoms with E-state index in [1.165, 1.54) is 6.07 Å². The van der Waals surface area contributed by atoms with E-state index < -0.39 is 27.9 Å². The minimum Gasteiger partial charge on any atom is -0.506 e. The summed E-state index contributed by atoms with van der Waals surface area (Å²) < 4.78 is 26.7. The summed E-state index contributed by atoms with van der Waals surface area (Å²) in [7, 11) is 0. The third kappa shape index (κ3) is 3.22. The van der Waals surface area contributed by atoms with Crippen molar-refractivity contribution in [3.05, 3.63) is 57.4 Å². The molecular formula is C13H11F2N3O3. The highest BCUT2D eigenvalue weighted by Crippen LogP contribution is 2.29. The number of nitro groups is 1. The molecule has 0 saturated carbocycles. The minimum atomic E-state index is -1.09. The monoisotopic (exact) mass is 295 g/mol. The van der Waals surface area contributed by atoms with Crippen molar-refractivity contribution in [1.82, 2.24) is 4.98 Å². The van der Waals surface area contributed by atoms with E-state index in [1.807, 2.05) is 0 Å². The Bertz CT molecular complexity index is 707. The average Bonchev–Trinajstić information content (AvgIpc) is 2.40. The molecule has 0 unspecified atom stereocenters.